The third kappa shape index (κ3) is 2.58. The van der Waals surface area contributed by atoms with E-state index in [4.69, 9.17) is 26.2 Å². The summed E-state index contributed by atoms with van der Waals surface area (Å²) in [7, 11) is 0. The average Bonchev–Trinajstić information content (AvgIpc) is 2.73. The fourth-order valence-corrected chi connectivity index (χ4v) is 1.85. The Balaban J connectivity index is 1.97. The number of nitrogens with one attached hydrogen (secondary N) is 1. The Morgan fingerprint density at radius 2 is 2.25 bits per heavy atom. The van der Waals surface area contributed by atoms with Crippen LogP contribution in [0.5, 0.6) is 11.5 Å². The van der Waals surface area contributed by atoms with Crippen LogP contribution in [0, 0.1) is 0 Å². The Bertz CT molecular complexity index is 370. The highest BCUT2D eigenvalue weighted by Crippen LogP contribution is 2.39. The van der Waals surface area contributed by atoms with E-state index >= 15 is 0 Å². The molecule has 0 atom stereocenters. The molecule has 0 bridgehead atoms. The maximum Gasteiger partial charge on any atom is 0.231 e. The van der Waals surface area contributed by atoms with E-state index < -0.39 is 0 Å². The zero-order chi connectivity index (χ0) is 11.4. The minimum atomic E-state index is 0.203. The van der Waals surface area contributed by atoms with Gasteiger partial charge >= 0.3 is 0 Å². The fourth-order valence-electron chi connectivity index (χ4n) is 1.56. The average molecular weight is 244 g/mol. The molecule has 4 nitrogen and oxygen atoms in total. The fraction of sp³-hybridized carbons (Fsp3) is 0.455. The van der Waals surface area contributed by atoms with Crippen molar-refractivity contribution in [3.05, 3.63) is 22.7 Å². The van der Waals surface area contributed by atoms with Crippen molar-refractivity contribution in [1.29, 1.82) is 0 Å². The van der Waals surface area contributed by atoms with E-state index in [2.05, 4.69) is 5.32 Å². The maximum atomic E-state index is 8.64. The SMILES string of the molecule is OCCCNCc1cc(Cl)c2c(c1)OCO2. The van der Waals surface area contributed by atoms with Gasteiger partial charge in [-0.15, -0.1) is 0 Å². The van der Waals surface area contributed by atoms with E-state index in [0.29, 0.717) is 23.1 Å². The maximum absolute atomic E-state index is 8.64. The van der Waals surface area contributed by atoms with E-state index in [1.54, 1.807) is 0 Å². The number of ether oxygens (including phenoxy) is 2. The molecule has 0 spiro atoms. The van der Waals surface area contributed by atoms with Crippen LogP contribution in [-0.4, -0.2) is 25.1 Å². The molecule has 0 aromatic heterocycles. The van der Waals surface area contributed by atoms with E-state index in [0.717, 1.165) is 18.5 Å². The van der Waals surface area contributed by atoms with Gasteiger partial charge < -0.3 is 19.9 Å². The molecule has 0 fully saturated rings. The summed E-state index contributed by atoms with van der Waals surface area (Å²) in [5.41, 5.74) is 1.05. The van der Waals surface area contributed by atoms with Crippen LogP contribution in [0.4, 0.5) is 0 Å². The van der Waals surface area contributed by atoms with Crippen LogP contribution < -0.4 is 14.8 Å². The molecule has 2 rings (SSSR count). The van der Waals surface area contributed by atoms with Gasteiger partial charge in [0, 0.05) is 13.2 Å². The topological polar surface area (TPSA) is 50.7 Å². The number of hydrogen-bond donors (Lipinski definition) is 2. The molecule has 5 heteroatoms. The van der Waals surface area contributed by atoms with Crippen molar-refractivity contribution in [3.8, 4) is 11.5 Å². The zero-order valence-electron chi connectivity index (χ0n) is 8.83. The molecule has 1 heterocycles. The Morgan fingerprint density at radius 3 is 3.06 bits per heavy atom. The third-order valence-electron chi connectivity index (χ3n) is 2.33. The van der Waals surface area contributed by atoms with Crippen molar-refractivity contribution >= 4 is 11.6 Å². The lowest BCUT2D eigenvalue weighted by Gasteiger charge is -2.06. The van der Waals surface area contributed by atoms with Crippen LogP contribution in [0.3, 0.4) is 0 Å². The lowest BCUT2D eigenvalue weighted by atomic mass is 10.2. The van der Waals surface area contributed by atoms with Crippen LogP contribution in [-0.2, 0) is 6.54 Å². The molecule has 0 saturated carbocycles. The van der Waals surface area contributed by atoms with Gasteiger partial charge in [-0.25, -0.2) is 0 Å². The standard InChI is InChI=1S/C11H14ClNO3/c12-9-4-8(6-13-2-1-3-14)5-10-11(9)16-7-15-10/h4-5,13-14H,1-3,6-7H2. The number of halogens is 1. The van der Waals surface area contributed by atoms with E-state index in [1.165, 1.54) is 0 Å². The highest BCUT2D eigenvalue weighted by Gasteiger charge is 2.17. The highest BCUT2D eigenvalue weighted by atomic mass is 35.5. The number of benzene rings is 1. The summed E-state index contributed by atoms with van der Waals surface area (Å²) >= 11 is 6.04. The van der Waals surface area contributed by atoms with Gasteiger partial charge in [0.25, 0.3) is 0 Å². The van der Waals surface area contributed by atoms with Gasteiger partial charge in [-0.2, -0.15) is 0 Å². The molecule has 0 saturated heterocycles. The molecule has 1 aliphatic rings. The molecular weight excluding hydrogens is 230 g/mol. The van der Waals surface area contributed by atoms with Crippen LogP contribution in [0.15, 0.2) is 12.1 Å². The molecule has 0 radical (unpaired) electrons. The van der Waals surface area contributed by atoms with Crippen molar-refractivity contribution in [2.24, 2.45) is 0 Å². The normalized spacial score (nSPS) is 13.1. The molecule has 2 N–H and O–H groups in total. The lowest BCUT2D eigenvalue weighted by molar-refractivity contribution is 0.174. The second-order valence-electron chi connectivity index (χ2n) is 3.57. The van der Waals surface area contributed by atoms with E-state index in [9.17, 15) is 0 Å². The summed E-state index contributed by atoms with van der Waals surface area (Å²) in [6.07, 6.45) is 0.748. The monoisotopic (exact) mass is 243 g/mol. The largest absolute Gasteiger partial charge is 0.454 e. The molecule has 0 aliphatic carbocycles. The number of rotatable bonds is 5. The molecule has 1 aromatic rings. The van der Waals surface area contributed by atoms with Gasteiger partial charge in [0.15, 0.2) is 11.5 Å². The lowest BCUT2D eigenvalue weighted by Crippen LogP contribution is -2.15. The molecular formula is C11H14ClNO3. The molecule has 0 amide bonds. The Labute approximate surface area is 99.1 Å². The predicted octanol–water partition coefficient (Wildman–Crippen LogP) is 1.54. The highest BCUT2D eigenvalue weighted by molar-refractivity contribution is 6.32. The summed E-state index contributed by atoms with van der Waals surface area (Å²) in [6, 6.07) is 3.78. The van der Waals surface area contributed by atoms with Crippen LogP contribution in [0.2, 0.25) is 5.02 Å². The van der Waals surface area contributed by atoms with Crippen LogP contribution in [0.1, 0.15) is 12.0 Å². The van der Waals surface area contributed by atoms with Gasteiger partial charge in [-0.3, -0.25) is 0 Å². The van der Waals surface area contributed by atoms with Gasteiger partial charge in [0.2, 0.25) is 6.79 Å². The molecule has 88 valence electrons. The zero-order valence-corrected chi connectivity index (χ0v) is 9.59. The molecule has 1 aromatic carbocycles. The second kappa shape index (κ2) is 5.39. The number of aliphatic hydroxyl groups excluding tert-OH is 1. The Kier molecular flexibility index (Phi) is 3.88. The summed E-state index contributed by atoms with van der Waals surface area (Å²) in [5, 5.41) is 12.4. The van der Waals surface area contributed by atoms with Gasteiger partial charge in [-0.05, 0) is 30.7 Å². The van der Waals surface area contributed by atoms with Gasteiger partial charge in [0.05, 0.1) is 5.02 Å². The predicted molar refractivity (Wildman–Crippen MR) is 61.0 cm³/mol. The minimum absolute atomic E-state index is 0.203. The molecule has 16 heavy (non-hydrogen) atoms. The molecule has 0 unspecified atom stereocenters. The minimum Gasteiger partial charge on any atom is -0.454 e. The van der Waals surface area contributed by atoms with Crippen molar-refractivity contribution in [2.75, 3.05) is 19.9 Å². The second-order valence-corrected chi connectivity index (χ2v) is 3.97. The van der Waals surface area contributed by atoms with Gasteiger partial charge in [-0.1, -0.05) is 11.6 Å². The summed E-state index contributed by atoms with van der Waals surface area (Å²) in [4.78, 5) is 0. The quantitative estimate of drug-likeness (QED) is 0.771. The van der Waals surface area contributed by atoms with Crippen LogP contribution >= 0.6 is 11.6 Å². The van der Waals surface area contributed by atoms with E-state index in [1.807, 2.05) is 12.1 Å². The first-order valence-electron chi connectivity index (χ1n) is 5.21. The smallest absolute Gasteiger partial charge is 0.231 e. The number of hydrogen-bond acceptors (Lipinski definition) is 4. The Morgan fingerprint density at radius 1 is 1.38 bits per heavy atom. The van der Waals surface area contributed by atoms with Crippen molar-refractivity contribution in [1.82, 2.24) is 5.32 Å². The van der Waals surface area contributed by atoms with Crippen molar-refractivity contribution in [3.63, 3.8) is 0 Å². The van der Waals surface area contributed by atoms with Crippen LogP contribution in [0.25, 0.3) is 0 Å². The summed E-state index contributed by atoms with van der Waals surface area (Å²) < 4.78 is 10.5. The van der Waals surface area contributed by atoms with Gasteiger partial charge in [0.1, 0.15) is 0 Å². The van der Waals surface area contributed by atoms with Crippen molar-refractivity contribution < 1.29 is 14.6 Å². The Hall–Kier alpha value is -0.970. The third-order valence-corrected chi connectivity index (χ3v) is 2.61. The first-order chi connectivity index (χ1) is 7.81. The first-order valence-corrected chi connectivity index (χ1v) is 5.58. The summed E-state index contributed by atoms with van der Waals surface area (Å²) in [5.74, 6) is 1.33. The molecule has 1 aliphatic heterocycles. The summed E-state index contributed by atoms with van der Waals surface area (Å²) in [6.45, 7) is 1.92. The van der Waals surface area contributed by atoms with Crippen molar-refractivity contribution in [2.45, 2.75) is 13.0 Å². The number of aliphatic hydroxyl groups is 1. The number of fused-ring (bicyclic) bond motifs is 1. The van der Waals surface area contributed by atoms with E-state index in [-0.39, 0.29) is 13.4 Å². The first kappa shape index (κ1) is 11.5.